The molecule has 1 saturated heterocycles. The Morgan fingerprint density at radius 2 is 2.02 bits per heavy atom. The van der Waals surface area contributed by atoms with E-state index < -0.39 is 0 Å². The average molecular weight is 572 g/mol. The number of ether oxygens (including phenoxy) is 1. The lowest BCUT2D eigenvalue weighted by atomic mass is 9.96. The first-order chi connectivity index (χ1) is 19.5. The molecule has 9 heteroatoms. The lowest BCUT2D eigenvalue weighted by Gasteiger charge is -2.14. The number of aromatic nitrogens is 3. The van der Waals surface area contributed by atoms with Gasteiger partial charge in [0.25, 0.3) is 0 Å². The van der Waals surface area contributed by atoms with Gasteiger partial charge in [-0.25, -0.2) is 4.39 Å². The molecule has 40 heavy (non-hydrogen) atoms. The number of hydrogen-bond acceptors (Lipinski definition) is 6. The zero-order valence-corrected chi connectivity index (χ0v) is 23.5. The van der Waals surface area contributed by atoms with Gasteiger partial charge in [-0.15, -0.1) is 21.5 Å². The Morgan fingerprint density at radius 1 is 1.15 bits per heavy atom. The summed E-state index contributed by atoms with van der Waals surface area (Å²) in [5.41, 5.74) is 6.51. The minimum atomic E-state index is -0.328. The Labute approximate surface area is 240 Å². The number of aliphatic imine (C=N–C) groups is 1. The molecule has 6 nitrogen and oxygen atoms in total. The smallest absolute Gasteiger partial charge is 0.166 e. The third-order valence-electron chi connectivity index (χ3n) is 9.39. The van der Waals surface area contributed by atoms with Crippen LogP contribution in [0.3, 0.4) is 0 Å². The highest BCUT2D eigenvalue weighted by molar-refractivity contribution is 7.15. The van der Waals surface area contributed by atoms with E-state index in [4.69, 9.17) is 21.3 Å². The van der Waals surface area contributed by atoms with Gasteiger partial charge in [-0.3, -0.25) is 14.9 Å². The second-order valence-electron chi connectivity index (χ2n) is 11.9. The van der Waals surface area contributed by atoms with Crippen molar-refractivity contribution in [3.63, 3.8) is 0 Å². The maximum Gasteiger partial charge on any atom is 0.166 e. The van der Waals surface area contributed by atoms with Crippen molar-refractivity contribution < 1.29 is 9.13 Å². The number of aryl methyl sites for hydroxylation is 2. The summed E-state index contributed by atoms with van der Waals surface area (Å²) in [5.74, 6) is 2.08. The molecule has 0 amide bonds. The topological polar surface area (TPSA) is 67.6 Å². The van der Waals surface area contributed by atoms with Gasteiger partial charge in [-0.1, -0.05) is 35.9 Å². The fourth-order valence-corrected chi connectivity index (χ4v) is 8.87. The highest BCUT2D eigenvalue weighted by Crippen LogP contribution is 2.55. The number of halogens is 2. The first-order valence-corrected chi connectivity index (χ1v) is 15.3. The highest BCUT2D eigenvalue weighted by Gasteiger charge is 2.53. The minimum absolute atomic E-state index is 0.00922. The summed E-state index contributed by atoms with van der Waals surface area (Å²) in [6, 6.07) is 13.4. The Morgan fingerprint density at radius 3 is 2.88 bits per heavy atom. The number of benzene rings is 2. The van der Waals surface area contributed by atoms with Crippen LogP contribution < -0.4 is 5.32 Å². The summed E-state index contributed by atoms with van der Waals surface area (Å²) in [7, 11) is 0. The second-order valence-corrected chi connectivity index (χ2v) is 13.3. The van der Waals surface area contributed by atoms with Crippen molar-refractivity contribution in [1.29, 1.82) is 0 Å². The van der Waals surface area contributed by atoms with Gasteiger partial charge in [0.15, 0.2) is 5.82 Å². The van der Waals surface area contributed by atoms with Crippen LogP contribution in [0.15, 0.2) is 47.5 Å². The van der Waals surface area contributed by atoms with Gasteiger partial charge in [0.05, 0.1) is 5.71 Å². The quantitative estimate of drug-likeness (QED) is 0.306. The van der Waals surface area contributed by atoms with Gasteiger partial charge in [0.1, 0.15) is 34.5 Å². The van der Waals surface area contributed by atoms with Gasteiger partial charge in [-0.05, 0) is 86.3 Å². The van der Waals surface area contributed by atoms with E-state index in [-0.39, 0.29) is 29.7 Å². The number of thiophene rings is 1. The van der Waals surface area contributed by atoms with Crippen LogP contribution in [0.1, 0.15) is 69.6 Å². The Bertz CT molecular complexity index is 1760. The van der Waals surface area contributed by atoms with Crippen molar-refractivity contribution in [2.24, 2.45) is 10.9 Å². The van der Waals surface area contributed by atoms with Crippen molar-refractivity contribution in [3.05, 3.63) is 97.6 Å². The molecule has 0 bridgehead atoms. The van der Waals surface area contributed by atoms with Crippen LogP contribution in [-0.4, -0.2) is 32.8 Å². The van der Waals surface area contributed by atoms with Crippen LogP contribution in [-0.2, 0) is 29.5 Å². The van der Waals surface area contributed by atoms with Crippen LogP contribution in [0.4, 0.5) is 4.39 Å². The first-order valence-electron chi connectivity index (χ1n) is 14.1. The molecular weight excluding hydrogens is 545 g/mol. The molecule has 3 unspecified atom stereocenters. The molecular formula is C31H27ClFN5OS. The van der Waals surface area contributed by atoms with Crippen LogP contribution in [0.25, 0.3) is 5.00 Å². The summed E-state index contributed by atoms with van der Waals surface area (Å²) in [6.45, 7) is 2.03. The lowest BCUT2D eigenvalue weighted by Crippen LogP contribution is -2.26. The van der Waals surface area contributed by atoms with Crippen molar-refractivity contribution in [2.75, 3.05) is 0 Å². The normalized spacial score (nSPS) is 26.6. The summed E-state index contributed by atoms with van der Waals surface area (Å²) >= 11 is 8.65. The molecule has 2 aliphatic heterocycles. The molecule has 1 saturated carbocycles. The van der Waals surface area contributed by atoms with Crippen molar-refractivity contribution in [2.45, 2.75) is 69.4 Å². The van der Waals surface area contributed by atoms with Gasteiger partial charge in [0.2, 0.25) is 0 Å². The first kappa shape index (κ1) is 23.8. The summed E-state index contributed by atoms with van der Waals surface area (Å²) in [6.07, 6.45) is 5.98. The van der Waals surface area contributed by atoms with Crippen molar-refractivity contribution in [1.82, 2.24) is 20.1 Å². The zero-order chi connectivity index (χ0) is 26.7. The molecule has 2 aromatic heterocycles. The number of rotatable bonds is 4. The van der Waals surface area contributed by atoms with Crippen LogP contribution in [0, 0.1) is 18.7 Å². The maximum atomic E-state index is 13.9. The molecule has 0 radical (unpaired) electrons. The minimum Gasteiger partial charge on any atom is -0.353 e. The van der Waals surface area contributed by atoms with Gasteiger partial charge in [-0.2, -0.15) is 0 Å². The standard InChI is InChI=1S/C31H27ClFN5OS/c1-15-36-37-30-31(10-11-31)35-26(19-4-2-3-5-22(19)32)25-21-12-17(13-24(21)40-29(25)38(15)30)27-28(39-27)34-23-9-7-16-6-8-18(33)14-20(16)23/h2-6,8,14,17,23,27-28,34H,7,9-13H2,1H3/t17-,23?,27?,28?/m0/s1. The molecule has 4 heterocycles. The van der Waals surface area contributed by atoms with Crippen LogP contribution >= 0.6 is 22.9 Å². The van der Waals surface area contributed by atoms with E-state index in [0.29, 0.717) is 5.92 Å². The van der Waals surface area contributed by atoms with Crippen molar-refractivity contribution >= 4 is 28.6 Å². The van der Waals surface area contributed by atoms with E-state index in [1.165, 1.54) is 26.6 Å². The molecule has 4 aromatic rings. The third-order valence-corrected chi connectivity index (χ3v) is 11.0. The predicted octanol–water partition coefficient (Wildman–Crippen LogP) is 5.99. The van der Waals surface area contributed by atoms with Crippen molar-refractivity contribution in [3.8, 4) is 5.00 Å². The fourth-order valence-electron chi connectivity index (χ4n) is 7.17. The zero-order valence-electron chi connectivity index (χ0n) is 22.0. The number of fused-ring (bicyclic) bond motifs is 7. The van der Waals surface area contributed by atoms with E-state index in [1.807, 2.05) is 42.5 Å². The van der Waals surface area contributed by atoms with Gasteiger partial charge >= 0.3 is 0 Å². The highest BCUT2D eigenvalue weighted by atomic mass is 35.5. The Kier molecular flexibility index (Phi) is 4.94. The molecule has 1 N–H and O–H groups in total. The number of epoxide rings is 1. The van der Waals surface area contributed by atoms with Gasteiger partial charge < -0.3 is 4.74 Å². The number of nitrogens with zero attached hydrogens (tertiary/aromatic N) is 4. The number of hydrogen-bond donors (Lipinski definition) is 1. The molecule has 3 aliphatic carbocycles. The molecule has 5 aliphatic rings. The third kappa shape index (κ3) is 3.43. The molecule has 4 atom stereocenters. The number of nitrogens with one attached hydrogen (secondary N) is 1. The van der Waals surface area contributed by atoms with Crippen LogP contribution in [0.5, 0.6) is 0 Å². The van der Waals surface area contributed by atoms with E-state index in [2.05, 4.69) is 26.1 Å². The predicted molar refractivity (Wildman–Crippen MR) is 152 cm³/mol. The molecule has 1 spiro atoms. The SMILES string of the molecule is Cc1nnc2n1-c1sc3c(c1C(c1ccccc1Cl)=NC21CC1)C[C@H](C1OC1NC1CCc2ccc(F)cc21)C3. The van der Waals surface area contributed by atoms with Gasteiger partial charge in [0, 0.05) is 27.1 Å². The monoisotopic (exact) mass is 571 g/mol. The lowest BCUT2D eigenvalue weighted by molar-refractivity contribution is 0.299. The second kappa shape index (κ2) is 8.32. The fraction of sp³-hybridized carbons (Fsp3) is 0.387. The molecule has 202 valence electrons. The van der Waals surface area contributed by atoms with E-state index >= 15 is 0 Å². The summed E-state index contributed by atoms with van der Waals surface area (Å²) < 4.78 is 22.4. The van der Waals surface area contributed by atoms with E-state index in [1.54, 1.807) is 12.1 Å². The maximum absolute atomic E-state index is 13.9. The van der Waals surface area contributed by atoms with E-state index in [0.717, 1.165) is 72.0 Å². The molecule has 9 rings (SSSR count). The molecule has 2 aromatic carbocycles. The average Bonchev–Trinajstić information content (AvgIpc) is 3.69. The summed E-state index contributed by atoms with van der Waals surface area (Å²) in [5, 5.41) is 14.7. The largest absolute Gasteiger partial charge is 0.353 e. The van der Waals surface area contributed by atoms with Crippen LogP contribution in [0.2, 0.25) is 5.02 Å². The molecule has 2 fully saturated rings. The van der Waals surface area contributed by atoms with E-state index in [9.17, 15) is 4.39 Å². The Hall–Kier alpha value is -2.91. The Balaban J connectivity index is 1.06. The summed E-state index contributed by atoms with van der Waals surface area (Å²) in [4.78, 5) is 6.83.